The van der Waals surface area contributed by atoms with Gasteiger partial charge in [-0.3, -0.25) is 0 Å². The van der Waals surface area contributed by atoms with Crippen molar-refractivity contribution in [1.29, 1.82) is 0 Å². The number of hydrogen-bond donors (Lipinski definition) is 1. The van der Waals surface area contributed by atoms with Crippen LogP contribution in [0.4, 0.5) is 0 Å². The maximum atomic E-state index is 12.3. The molecule has 1 N–H and O–H groups in total. The van der Waals surface area contributed by atoms with Crippen molar-refractivity contribution >= 4 is 5.97 Å². The number of methoxy groups -OCH3 is 1. The van der Waals surface area contributed by atoms with E-state index in [9.17, 15) is 14.7 Å². The molecule has 0 aliphatic carbocycles. The van der Waals surface area contributed by atoms with Crippen LogP contribution in [0.15, 0.2) is 45.6 Å². The first kappa shape index (κ1) is 15.3. The maximum absolute atomic E-state index is 12.3. The van der Waals surface area contributed by atoms with Crippen molar-refractivity contribution in [3.05, 3.63) is 63.7 Å². The molecule has 0 radical (unpaired) electrons. The van der Waals surface area contributed by atoms with Crippen LogP contribution >= 0.6 is 0 Å². The van der Waals surface area contributed by atoms with E-state index in [0.717, 1.165) is 5.56 Å². The monoisotopic (exact) mass is 316 g/mol. The van der Waals surface area contributed by atoms with E-state index in [1.54, 1.807) is 6.92 Å². The molecular weight excluding hydrogens is 300 g/mol. The highest BCUT2D eigenvalue weighted by molar-refractivity contribution is 5.78. The van der Waals surface area contributed by atoms with E-state index in [1.165, 1.54) is 13.2 Å². The van der Waals surface area contributed by atoms with Gasteiger partial charge in [0, 0.05) is 18.4 Å². The molecule has 0 spiro atoms. The molecule has 2 heterocycles. The van der Waals surface area contributed by atoms with Crippen LogP contribution in [0.1, 0.15) is 29.2 Å². The van der Waals surface area contributed by atoms with Gasteiger partial charge in [0.1, 0.15) is 11.5 Å². The summed E-state index contributed by atoms with van der Waals surface area (Å²) in [5, 5.41) is 10.6. The highest BCUT2D eigenvalue weighted by atomic mass is 16.7. The lowest BCUT2D eigenvalue weighted by Crippen LogP contribution is -2.50. The van der Waals surface area contributed by atoms with Crippen LogP contribution in [0.5, 0.6) is 5.75 Å². The number of benzene rings is 1. The number of esters is 1. The standard InChI is InChI=1S/C17H16O6/c1-10-8-13-14(15(18)22-10)12(11-6-4-3-5-7-11)9-17(20,23-13)16(19)21-2/h3-8,12,20H,9H2,1-2H3/t12-,17?/m0/s1. The average molecular weight is 316 g/mol. The number of ether oxygens (including phenoxy) is 2. The molecule has 1 aliphatic heterocycles. The first-order valence-corrected chi connectivity index (χ1v) is 7.14. The lowest BCUT2D eigenvalue weighted by molar-refractivity contribution is -0.203. The van der Waals surface area contributed by atoms with E-state index < -0.39 is 23.3 Å². The summed E-state index contributed by atoms with van der Waals surface area (Å²) < 4.78 is 15.2. The Kier molecular flexibility index (Phi) is 3.69. The van der Waals surface area contributed by atoms with E-state index in [-0.39, 0.29) is 17.7 Å². The Bertz CT molecular complexity index is 794. The second-order valence-corrected chi connectivity index (χ2v) is 5.47. The van der Waals surface area contributed by atoms with Crippen molar-refractivity contribution in [2.45, 2.75) is 25.0 Å². The summed E-state index contributed by atoms with van der Waals surface area (Å²) in [5.74, 6) is -3.14. The van der Waals surface area contributed by atoms with Crippen molar-refractivity contribution < 1.29 is 23.8 Å². The van der Waals surface area contributed by atoms with Gasteiger partial charge in [-0.05, 0) is 12.5 Å². The van der Waals surface area contributed by atoms with Crippen molar-refractivity contribution in [1.82, 2.24) is 0 Å². The first-order chi connectivity index (χ1) is 10.9. The van der Waals surface area contributed by atoms with Crippen LogP contribution in [-0.2, 0) is 9.53 Å². The largest absolute Gasteiger partial charge is 0.464 e. The predicted octanol–water partition coefficient (Wildman–Crippen LogP) is 1.72. The van der Waals surface area contributed by atoms with Crippen LogP contribution in [-0.4, -0.2) is 24.0 Å². The SMILES string of the molecule is COC(=O)C1(O)C[C@@H](c2ccccc2)c2c(cc(C)oc2=O)O1. The van der Waals surface area contributed by atoms with Crippen molar-refractivity contribution in [2.24, 2.45) is 0 Å². The van der Waals surface area contributed by atoms with Crippen molar-refractivity contribution in [3.63, 3.8) is 0 Å². The second kappa shape index (κ2) is 5.55. The summed E-state index contributed by atoms with van der Waals surface area (Å²) in [5.41, 5.74) is 0.520. The second-order valence-electron chi connectivity index (χ2n) is 5.47. The summed E-state index contributed by atoms with van der Waals surface area (Å²) in [6.45, 7) is 1.59. The molecule has 0 saturated carbocycles. The van der Waals surface area contributed by atoms with Gasteiger partial charge in [-0.15, -0.1) is 0 Å². The summed E-state index contributed by atoms with van der Waals surface area (Å²) in [4.78, 5) is 24.2. The zero-order valence-corrected chi connectivity index (χ0v) is 12.7. The first-order valence-electron chi connectivity index (χ1n) is 7.14. The van der Waals surface area contributed by atoms with Crippen LogP contribution in [0.2, 0.25) is 0 Å². The number of rotatable bonds is 2. The Hall–Kier alpha value is -2.60. The van der Waals surface area contributed by atoms with E-state index in [1.807, 2.05) is 30.3 Å². The molecule has 0 bridgehead atoms. The molecule has 1 aromatic heterocycles. The minimum atomic E-state index is -2.15. The number of carbonyl (C=O) groups is 1. The van der Waals surface area contributed by atoms with Crippen LogP contribution < -0.4 is 10.4 Å². The number of hydrogen-bond acceptors (Lipinski definition) is 6. The summed E-state index contributed by atoms with van der Waals surface area (Å²) in [6, 6.07) is 10.6. The Morgan fingerprint density at radius 3 is 2.70 bits per heavy atom. The number of carbonyl (C=O) groups excluding carboxylic acids is 1. The third-order valence-electron chi connectivity index (χ3n) is 3.89. The third kappa shape index (κ3) is 2.61. The van der Waals surface area contributed by atoms with E-state index in [0.29, 0.717) is 5.76 Å². The fourth-order valence-electron chi connectivity index (χ4n) is 2.85. The van der Waals surface area contributed by atoms with Crippen LogP contribution in [0.25, 0.3) is 0 Å². The molecule has 0 saturated heterocycles. The van der Waals surface area contributed by atoms with E-state index in [2.05, 4.69) is 4.74 Å². The molecule has 2 atom stereocenters. The molecule has 23 heavy (non-hydrogen) atoms. The van der Waals surface area contributed by atoms with Crippen molar-refractivity contribution in [2.75, 3.05) is 7.11 Å². The van der Waals surface area contributed by atoms with E-state index >= 15 is 0 Å². The molecular formula is C17H16O6. The molecule has 6 heteroatoms. The lowest BCUT2D eigenvalue weighted by atomic mass is 9.83. The van der Waals surface area contributed by atoms with Gasteiger partial charge in [0.05, 0.1) is 12.7 Å². The predicted molar refractivity (Wildman–Crippen MR) is 80.2 cm³/mol. The van der Waals surface area contributed by atoms with Gasteiger partial charge in [0.15, 0.2) is 0 Å². The molecule has 3 rings (SSSR count). The van der Waals surface area contributed by atoms with Gasteiger partial charge in [0.25, 0.3) is 0 Å². The Labute approximate surface area is 132 Å². The zero-order chi connectivity index (χ0) is 16.6. The van der Waals surface area contributed by atoms with Crippen LogP contribution in [0, 0.1) is 6.92 Å². The summed E-state index contributed by atoms with van der Waals surface area (Å²) >= 11 is 0. The zero-order valence-electron chi connectivity index (χ0n) is 12.7. The van der Waals surface area contributed by atoms with Gasteiger partial charge < -0.3 is 19.0 Å². The number of aryl methyl sites for hydroxylation is 1. The average Bonchev–Trinajstić information content (AvgIpc) is 2.53. The van der Waals surface area contributed by atoms with Crippen LogP contribution in [0.3, 0.4) is 0 Å². The topological polar surface area (TPSA) is 86.0 Å². The van der Waals surface area contributed by atoms with Gasteiger partial charge in [-0.25, -0.2) is 9.59 Å². The normalized spacial score (nSPS) is 22.8. The fraction of sp³-hybridized carbons (Fsp3) is 0.294. The smallest absolute Gasteiger partial charge is 0.379 e. The third-order valence-corrected chi connectivity index (χ3v) is 3.89. The maximum Gasteiger partial charge on any atom is 0.379 e. The van der Waals surface area contributed by atoms with E-state index in [4.69, 9.17) is 9.15 Å². The van der Waals surface area contributed by atoms with Gasteiger partial charge in [0.2, 0.25) is 0 Å². The summed E-state index contributed by atoms with van der Waals surface area (Å²) in [7, 11) is 1.17. The quantitative estimate of drug-likeness (QED) is 0.849. The Morgan fingerprint density at radius 1 is 1.35 bits per heavy atom. The molecule has 1 unspecified atom stereocenters. The number of fused-ring (bicyclic) bond motifs is 1. The number of aliphatic hydroxyl groups is 1. The van der Waals surface area contributed by atoms with Gasteiger partial charge in [-0.1, -0.05) is 30.3 Å². The molecule has 0 amide bonds. The highest BCUT2D eigenvalue weighted by Crippen LogP contribution is 2.42. The fourth-order valence-corrected chi connectivity index (χ4v) is 2.85. The molecule has 0 fully saturated rings. The van der Waals surface area contributed by atoms with Gasteiger partial charge in [-0.2, -0.15) is 0 Å². The van der Waals surface area contributed by atoms with Crippen molar-refractivity contribution in [3.8, 4) is 5.75 Å². The molecule has 6 nitrogen and oxygen atoms in total. The van der Waals surface area contributed by atoms with Gasteiger partial charge >= 0.3 is 17.4 Å². The molecule has 120 valence electrons. The Balaban J connectivity index is 2.20. The molecule has 1 aliphatic rings. The minimum Gasteiger partial charge on any atom is -0.464 e. The lowest BCUT2D eigenvalue weighted by Gasteiger charge is -2.35. The highest BCUT2D eigenvalue weighted by Gasteiger charge is 2.48. The Morgan fingerprint density at radius 2 is 2.04 bits per heavy atom. The minimum absolute atomic E-state index is 0.131. The molecule has 2 aromatic rings. The summed E-state index contributed by atoms with van der Waals surface area (Å²) in [6.07, 6.45) is -0.134. The molecule has 1 aromatic carbocycles.